The standard InChI is InChI=1S/C11H20N4O4S/c1-20(18,19)5-2-9(12)10(16)14-3-4-15-8(7-14)6-13-11(15)17/h8-9H,2-7,12H2,1H3,(H,13,17). The van der Waals surface area contributed by atoms with Crippen LogP contribution in [0.4, 0.5) is 4.79 Å². The molecule has 2 saturated heterocycles. The van der Waals surface area contributed by atoms with Crippen molar-refractivity contribution in [1.29, 1.82) is 0 Å². The zero-order chi connectivity index (χ0) is 14.9. The van der Waals surface area contributed by atoms with Crippen molar-refractivity contribution in [3.05, 3.63) is 0 Å². The summed E-state index contributed by atoms with van der Waals surface area (Å²) >= 11 is 0. The Morgan fingerprint density at radius 1 is 1.50 bits per heavy atom. The van der Waals surface area contributed by atoms with Crippen molar-refractivity contribution in [1.82, 2.24) is 15.1 Å². The van der Waals surface area contributed by atoms with E-state index in [2.05, 4.69) is 5.32 Å². The highest BCUT2D eigenvalue weighted by molar-refractivity contribution is 7.90. The molecule has 0 aromatic carbocycles. The Balaban J connectivity index is 1.88. The first-order valence-electron chi connectivity index (χ1n) is 6.54. The van der Waals surface area contributed by atoms with E-state index in [9.17, 15) is 18.0 Å². The van der Waals surface area contributed by atoms with Gasteiger partial charge in [-0.25, -0.2) is 13.2 Å². The van der Waals surface area contributed by atoms with Gasteiger partial charge in [-0.15, -0.1) is 0 Å². The predicted molar refractivity (Wildman–Crippen MR) is 72.8 cm³/mol. The maximum absolute atomic E-state index is 12.2. The average Bonchev–Trinajstić information content (AvgIpc) is 2.75. The topological polar surface area (TPSA) is 113 Å². The predicted octanol–water partition coefficient (Wildman–Crippen LogP) is -2.02. The molecule has 9 heteroatoms. The molecular weight excluding hydrogens is 284 g/mol. The van der Waals surface area contributed by atoms with E-state index in [4.69, 9.17) is 5.73 Å². The van der Waals surface area contributed by atoms with Crippen LogP contribution >= 0.6 is 0 Å². The van der Waals surface area contributed by atoms with Crippen LogP contribution in [0.3, 0.4) is 0 Å². The number of rotatable bonds is 4. The minimum Gasteiger partial charge on any atom is -0.337 e. The van der Waals surface area contributed by atoms with Crippen LogP contribution in [0.15, 0.2) is 0 Å². The molecule has 20 heavy (non-hydrogen) atoms. The van der Waals surface area contributed by atoms with Gasteiger partial charge < -0.3 is 20.9 Å². The Bertz CT molecular complexity index is 507. The number of sulfone groups is 1. The van der Waals surface area contributed by atoms with Crippen LogP contribution in [-0.4, -0.2) is 80.4 Å². The molecule has 0 saturated carbocycles. The van der Waals surface area contributed by atoms with Crippen molar-refractivity contribution in [2.24, 2.45) is 5.73 Å². The molecule has 0 spiro atoms. The van der Waals surface area contributed by atoms with Gasteiger partial charge in [-0.3, -0.25) is 4.79 Å². The third-order valence-corrected chi connectivity index (χ3v) is 4.64. The number of amides is 3. The summed E-state index contributed by atoms with van der Waals surface area (Å²) in [7, 11) is -3.12. The summed E-state index contributed by atoms with van der Waals surface area (Å²) < 4.78 is 22.2. The number of hydrogen-bond donors (Lipinski definition) is 2. The van der Waals surface area contributed by atoms with Crippen LogP contribution in [0.5, 0.6) is 0 Å². The van der Waals surface area contributed by atoms with Gasteiger partial charge in [-0.1, -0.05) is 0 Å². The summed E-state index contributed by atoms with van der Waals surface area (Å²) in [5.74, 6) is -0.337. The van der Waals surface area contributed by atoms with Gasteiger partial charge >= 0.3 is 6.03 Å². The lowest BCUT2D eigenvalue weighted by molar-refractivity contribution is -0.134. The van der Waals surface area contributed by atoms with E-state index >= 15 is 0 Å². The molecule has 3 amide bonds. The van der Waals surface area contributed by atoms with Crippen molar-refractivity contribution >= 4 is 21.8 Å². The molecule has 0 aliphatic carbocycles. The van der Waals surface area contributed by atoms with Crippen LogP contribution in [0.1, 0.15) is 6.42 Å². The molecule has 2 rings (SSSR count). The molecule has 2 atom stereocenters. The van der Waals surface area contributed by atoms with Gasteiger partial charge in [-0.2, -0.15) is 0 Å². The highest BCUT2D eigenvalue weighted by atomic mass is 32.2. The lowest BCUT2D eigenvalue weighted by Gasteiger charge is -2.37. The summed E-state index contributed by atoms with van der Waals surface area (Å²) in [5, 5.41) is 2.73. The fraction of sp³-hybridized carbons (Fsp3) is 0.818. The molecule has 2 aliphatic heterocycles. The minimum absolute atomic E-state index is 0.0118. The van der Waals surface area contributed by atoms with Crippen LogP contribution < -0.4 is 11.1 Å². The van der Waals surface area contributed by atoms with E-state index in [0.29, 0.717) is 26.2 Å². The minimum atomic E-state index is -3.12. The Kier molecular flexibility index (Phi) is 4.19. The van der Waals surface area contributed by atoms with Gasteiger partial charge in [0.05, 0.1) is 17.8 Å². The van der Waals surface area contributed by atoms with E-state index in [1.165, 1.54) is 0 Å². The third kappa shape index (κ3) is 3.40. The largest absolute Gasteiger partial charge is 0.337 e. The maximum atomic E-state index is 12.2. The summed E-state index contributed by atoms with van der Waals surface area (Å²) in [4.78, 5) is 27.0. The number of hydrogen-bond acceptors (Lipinski definition) is 5. The highest BCUT2D eigenvalue weighted by Crippen LogP contribution is 2.15. The smallest absolute Gasteiger partial charge is 0.317 e. The van der Waals surface area contributed by atoms with E-state index in [0.717, 1.165) is 6.26 Å². The molecule has 8 nitrogen and oxygen atoms in total. The number of fused-ring (bicyclic) bond motifs is 1. The maximum Gasteiger partial charge on any atom is 0.317 e. The molecular formula is C11H20N4O4S. The first kappa shape index (κ1) is 15.0. The molecule has 3 N–H and O–H groups in total. The zero-order valence-electron chi connectivity index (χ0n) is 11.4. The Labute approximate surface area is 118 Å². The SMILES string of the molecule is CS(=O)(=O)CCC(N)C(=O)N1CCN2C(=O)NCC2C1. The van der Waals surface area contributed by atoms with Gasteiger partial charge in [0.15, 0.2) is 0 Å². The van der Waals surface area contributed by atoms with Crippen molar-refractivity contribution < 1.29 is 18.0 Å². The molecule has 2 aliphatic rings. The fourth-order valence-corrected chi connectivity index (χ4v) is 3.19. The molecule has 2 fully saturated rings. The van der Waals surface area contributed by atoms with E-state index in [1.54, 1.807) is 9.80 Å². The molecule has 0 bridgehead atoms. The monoisotopic (exact) mass is 304 g/mol. The molecule has 0 radical (unpaired) electrons. The summed E-state index contributed by atoms with van der Waals surface area (Å²) in [6, 6.07) is -0.910. The second-order valence-electron chi connectivity index (χ2n) is 5.34. The summed E-state index contributed by atoms with van der Waals surface area (Å²) in [5.41, 5.74) is 5.77. The Morgan fingerprint density at radius 2 is 2.20 bits per heavy atom. The van der Waals surface area contributed by atoms with Gasteiger partial charge in [-0.05, 0) is 6.42 Å². The van der Waals surface area contributed by atoms with Crippen LogP contribution in [0, 0.1) is 0 Å². The normalized spacial score (nSPS) is 24.3. The second kappa shape index (κ2) is 5.57. The fourth-order valence-electron chi connectivity index (χ4n) is 2.50. The molecule has 0 aromatic heterocycles. The van der Waals surface area contributed by atoms with E-state index in [-0.39, 0.29) is 30.2 Å². The quantitative estimate of drug-likeness (QED) is 0.623. The summed E-state index contributed by atoms with van der Waals surface area (Å²) in [6.45, 7) is 1.90. The van der Waals surface area contributed by atoms with Crippen molar-refractivity contribution in [3.63, 3.8) is 0 Å². The number of nitrogens with one attached hydrogen (secondary N) is 1. The van der Waals surface area contributed by atoms with Crippen molar-refractivity contribution in [2.75, 3.05) is 38.2 Å². The highest BCUT2D eigenvalue weighted by Gasteiger charge is 2.37. The number of carbonyl (C=O) groups excluding carboxylic acids is 2. The molecule has 2 heterocycles. The molecule has 0 aromatic rings. The Morgan fingerprint density at radius 3 is 2.85 bits per heavy atom. The third-order valence-electron chi connectivity index (χ3n) is 3.66. The molecule has 2 unspecified atom stereocenters. The van der Waals surface area contributed by atoms with Crippen LogP contribution in [0.2, 0.25) is 0 Å². The van der Waals surface area contributed by atoms with Crippen LogP contribution in [-0.2, 0) is 14.6 Å². The zero-order valence-corrected chi connectivity index (χ0v) is 12.2. The van der Waals surface area contributed by atoms with Gasteiger partial charge in [0.25, 0.3) is 0 Å². The number of nitrogens with two attached hydrogens (primary N) is 1. The average molecular weight is 304 g/mol. The first-order valence-corrected chi connectivity index (χ1v) is 8.60. The van der Waals surface area contributed by atoms with Gasteiger partial charge in [0.2, 0.25) is 5.91 Å². The lowest BCUT2D eigenvalue weighted by atomic mass is 10.1. The number of urea groups is 1. The van der Waals surface area contributed by atoms with Crippen LogP contribution in [0.25, 0.3) is 0 Å². The first-order chi connectivity index (χ1) is 9.28. The number of carbonyl (C=O) groups is 2. The van der Waals surface area contributed by atoms with E-state index < -0.39 is 15.9 Å². The van der Waals surface area contributed by atoms with E-state index in [1.807, 2.05) is 0 Å². The molecule has 114 valence electrons. The summed E-state index contributed by atoms with van der Waals surface area (Å²) in [6.07, 6.45) is 1.25. The number of nitrogens with zero attached hydrogens (tertiary/aromatic N) is 2. The van der Waals surface area contributed by atoms with Crippen molar-refractivity contribution in [2.45, 2.75) is 18.5 Å². The second-order valence-corrected chi connectivity index (χ2v) is 7.60. The lowest BCUT2D eigenvalue weighted by Crippen LogP contribution is -2.57. The van der Waals surface area contributed by atoms with Gasteiger partial charge in [0.1, 0.15) is 9.84 Å². The van der Waals surface area contributed by atoms with Crippen molar-refractivity contribution in [3.8, 4) is 0 Å². The number of piperazine rings is 1. The van der Waals surface area contributed by atoms with Gasteiger partial charge in [0, 0.05) is 32.4 Å². The Hall–Kier alpha value is -1.35.